The van der Waals surface area contributed by atoms with E-state index in [1.54, 1.807) is 6.92 Å². The van der Waals surface area contributed by atoms with Crippen LogP contribution in [-0.2, 0) is 6.61 Å². The Morgan fingerprint density at radius 1 is 1.42 bits per heavy atom. The monoisotopic (exact) mass is 267 g/mol. The topological polar surface area (TPSA) is 64.7 Å². The zero-order chi connectivity index (χ0) is 13.8. The molecule has 2 aromatic rings. The van der Waals surface area contributed by atoms with Crippen LogP contribution >= 0.6 is 0 Å². The molecule has 0 aliphatic rings. The minimum Gasteiger partial charge on any atom is -0.497 e. The van der Waals surface area contributed by atoms with E-state index in [1.807, 2.05) is 0 Å². The van der Waals surface area contributed by atoms with Gasteiger partial charge in [-0.2, -0.15) is 0 Å². The second-order valence-electron chi connectivity index (χ2n) is 3.72. The van der Waals surface area contributed by atoms with E-state index in [0.717, 1.165) is 0 Å². The fourth-order valence-electron chi connectivity index (χ4n) is 1.69. The van der Waals surface area contributed by atoms with Gasteiger partial charge in [-0.05, 0) is 25.1 Å². The molecule has 0 unspecified atom stereocenters. The number of rotatable bonds is 5. The molecule has 0 aliphatic carbocycles. The number of aromatic nitrogens is 1. The first-order valence-corrected chi connectivity index (χ1v) is 5.77. The van der Waals surface area contributed by atoms with Crippen molar-refractivity contribution >= 4 is 0 Å². The van der Waals surface area contributed by atoms with Gasteiger partial charge in [0.2, 0.25) is 5.76 Å². The molecule has 1 aromatic heterocycles. The third-order valence-corrected chi connectivity index (χ3v) is 2.57. The second kappa shape index (κ2) is 5.71. The largest absolute Gasteiger partial charge is 0.497 e. The number of methoxy groups -OCH3 is 1. The lowest BCUT2D eigenvalue weighted by Crippen LogP contribution is -1.97. The van der Waals surface area contributed by atoms with E-state index in [9.17, 15) is 4.39 Å². The first-order chi connectivity index (χ1) is 9.21. The highest BCUT2D eigenvalue weighted by Gasteiger charge is 2.21. The van der Waals surface area contributed by atoms with Crippen LogP contribution in [0.1, 0.15) is 12.6 Å². The molecule has 0 atom stereocenters. The molecule has 0 radical (unpaired) electrons. The summed E-state index contributed by atoms with van der Waals surface area (Å²) in [6, 6.07) is 4.26. The molecule has 0 saturated heterocycles. The molecule has 0 fully saturated rings. The second-order valence-corrected chi connectivity index (χ2v) is 3.72. The lowest BCUT2D eigenvalue weighted by Gasteiger charge is -2.06. The quantitative estimate of drug-likeness (QED) is 0.901. The van der Waals surface area contributed by atoms with Gasteiger partial charge < -0.3 is 19.1 Å². The Bertz CT molecular complexity index is 568. The Morgan fingerprint density at radius 2 is 2.21 bits per heavy atom. The normalized spacial score (nSPS) is 10.5. The van der Waals surface area contributed by atoms with Crippen molar-refractivity contribution < 1.29 is 23.5 Å². The van der Waals surface area contributed by atoms with Crippen LogP contribution in [0.5, 0.6) is 11.5 Å². The maximum Gasteiger partial charge on any atom is 0.212 e. The van der Waals surface area contributed by atoms with Gasteiger partial charge in [-0.3, -0.25) is 0 Å². The molecule has 0 saturated carbocycles. The number of nitrogens with zero attached hydrogens (tertiary/aromatic N) is 1. The van der Waals surface area contributed by atoms with Crippen LogP contribution in [-0.4, -0.2) is 24.0 Å². The Labute approximate surface area is 109 Å². The van der Waals surface area contributed by atoms with Gasteiger partial charge in [0, 0.05) is 0 Å². The summed E-state index contributed by atoms with van der Waals surface area (Å²) in [4.78, 5) is 0. The zero-order valence-electron chi connectivity index (χ0n) is 10.6. The molecule has 0 amide bonds. The summed E-state index contributed by atoms with van der Waals surface area (Å²) < 4.78 is 29.3. The molecule has 2 rings (SSSR count). The highest BCUT2D eigenvalue weighted by atomic mass is 19.1. The van der Waals surface area contributed by atoms with Crippen LogP contribution in [0.15, 0.2) is 22.7 Å². The number of halogens is 1. The summed E-state index contributed by atoms with van der Waals surface area (Å²) in [5.74, 6) is 0.391. The fraction of sp³-hybridized carbons (Fsp3) is 0.308. The van der Waals surface area contributed by atoms with Crippen LogP contribution < -0.4 is 9.47 Å². The van der Waals surface area contributed by atoms with Crippen LogP contribution in [0.4, 0.5) is 4.39 Å². The Kier molecular flexibility index (Phi) is 4.01. The van der Waals surface area contributed by atoms with Crippen LogP contribution in [0.2, 0.25) is 0 Å². The van der Waals surface area contributed by atoms with Gasteiger partial charge in [-0.15, -0.1) is 0 Å². The molecule has 6 heteroatoms. The number of hydrogen-bond acceptors (Lipinski definition) is 5. The van der Waals surface area contributed by atoms with Crippen molar-refractivity contribution in [2.75, 3.05) is 13.7 Å². The highest BCUT2D eigenvalue weighted by Crippen LogP contribution is 2.36. The molecule has 0 bridgehead atoms. The molecule has 19 heavy (non-hydrogen) atoms. The lowest BCUT2D eigenvalue weighted by molar-refractivity contribution is 0.258. The highest BCUT2D eigenvalue weighted by molar-refractivity contribution is 5.67. The minimum atomic E-state index is -0.484. The van der Waals surface area contributed by atoms with E-state index in [2.05, 4.69) is 5.16 Å². The molecule has 102 valence electrons. The van der Waals surface area contributed by atoms with Crippen LogP contribution in [0.3, 0.4) is 0 Å². The van der Waals surface area contributed by atoms with Gasteiger partial charge in [-0.1, -0.05) is 5.16 Å². The van der Waals surface area contributed by atoms with E-state index in [-0.39, 0.29) is 29.4 Å². The van der Waals surface area contributed by atoms with Gasteiger partial charge in [0.15, 0.2) is 11.4 Å². The SMILES string of the molecule is CCOc1c(CO)noc1-c1cc(OC)ccc1F. The molecule has 0 spiro atoms. The predicted molar refractivity (Wildman–Crippen MR) is 65.5 cm³/mol. The summed E-state index contributed by atoms with van der Waals surface area (Å²) >= 11 is 0. The lowest BCUT2D eigenvalue weighted by atomic mass is 10.1. The Morgan fingerprint density at radius 3 is 2.84 bits per heavy atom. The summed E-state index contributed by atoms with van der Waals surface area (Å²) in [6.45, 7) is 1.79. The summed E-state index contributed by atoms with van der Waals surface area (Å²) in [7, 11) is 1.49. The van der Waals surface area contributed by atoms with E-state index >= 15 is 0 Å². The maximum absolute atomic E-state index is 13.9. The summed E-state index contributed by atoms with van der Waals surface area (Å²) in [6.07, 6.45) is 0. The number of aliphatic hydroxyl groups excluding tert-OH is 1. The van der Waals surface area contributed by atoms with Crippen molar-refractivity contribution in [3.05, 3.63) is 29.7 Å². The predicted octanol–water partition coefficient (Wildman–Crippen LogP) is 2.38. The fourth-order valence-corrected chi connectivity index (χ4v) is 1.69. The number of aliphatic hydroxyl groups is 1. The number of ether oxygens (including phenoxy) is 2. The number of benzene rings is 1. The Balaban J connectivity index is 2.54. The van der Waals surface area contributed by atoms with Gasteiger partial charge in [-0.25, -0.2) is 4.39 Å². The van der Waals surface area contributed by atoms with Crippen molar-refractivity contribution in [1.82, 2.24) is 5.16 Å². The summed E-state index contributed by atoms with van der Waals surface area (Å²) in [5.41, 5.74) is 0.411. The van der Waals surface area contributed by atoms with Gasteiger partial charge in [0.1, 0.15) is 11.6 Å². The molecular formula is C13H14FNO4. The van der Waals surface area contributed by atoms with Crippen molar-refractivity contribution in [3.8, 4) is 22.8 Å². The smallest absolute Gasteiger partial charge is 0.212 e. The van der Waals surface area contributed by atoms with E-state index in [0.29, 0.717) is 12.4 Å². The van der Waals surface area contributed by atoms with Crippen LogP contribution in [0.25, 0.3) is 11.3 Å². The van der Waals surface area contributed by atoms with Gasteiger partial charge in [0.25, 0.3) is 0 Å². The zero-order valence-corrected chi connectivity index (χ0v) is 10.6. The van der Waals surface area contributed by atoms with Gasteiger partial charge >= 0.3 is 0 Å². The van der Waals surface area contributed by atoms with Crippen molar-refractivity contribution in [2.45, 2.75) is 13.5 Å². The molecule has 1 heterocycles. The third kappa shape index (κ3) is 2.53. The number of hydrogen-bond donors (Lipinski definition) is 1. The average Bonchev–Trinajstić information content (AvgIpc) is 2.83. The molecule has 1 N–H and O–H groups in total. The first kappa shape index (κ1) is 13.4. The minimum absolute atomic E-state index is 0.141. The molecular weight excluding hydrogens is 253 g/mol. The Hall–Kier alpha value is -2.08. The van der Waals surface area contributed by atoms with Crippen molar-refractivity contribution in [2.24, 2.45) is 0 Å². The van der Waals surface area contributed by atoms with Gasteiger partial charge in [0.05, 0.1) is 25.9 Å². The first-order valence-electron chi connectivity index (χ1n) is 5.77. The molecule has 5 nitrogen and oxygen atoms in total. The standard InChI is InChI=1S/C13H14FNO4/c1-3-18-13-11(7-16)15-19-12(13)9-6-8(17-2)4-5-10(9)14/h4-6,16H,3,7H2,1-2H3. The summed E-state index contributed by atoms with van der Waals surface area (Å²) in [5, 5.41) is 12.8. The van der Waals surface area contributed by atoms with Crippen LogP contribution in [0, 0.1) is 5.82 Å². The van der Waals surface area contributed by atoms with Crippen molar-refractivity contribution in [3.63, 3.8) is 0 Å². The molecule has 0 aliphatic heterocycles. The van der Waals surface area contributed by atoms with E-state index in [1.165, 1.54) is 25.3 Å². The van der Waals surface area contributed by atoms with E-state index in [4.69, 9.17) is 19.1 Å². The maximum atomic E-state index is 13.9. The van der Waals surface area contributed by atoms with Crippen molar-refractivity contribution in [1.29, 1.82) is 0 Å². The average molecular weight is 267 g/mol. The third-order valence-electron chi connectivity index (χ3n) is 2.57. The molecule has 1 aromatic carbocycles. The van der Waals surface area contributed by atoms with E-state index < -0.39 is 5.82 Å².